The van der Waals surface area contributed by atoms with Crippen LogP contribution in [0.15, 0.2) is 40.6 Å². The Kier molecular flexibility index (Phi) is 5.08. The molecule has 4 rings (SSSR count). The number of hydrogen-bond acceptors (Lipinski definition) is 8. The highest BCUT2D eigenvalue weighted by Gasteiger charge is 2.43. The number of nitrogens with zero attached hydrogens (tertiary/aromatic N) is 4. The van der Waals surface area contributed by atoms with Gasteiger partial charge in [0.15, 0.2) is 0 Å². The van der Waals surface area contributed by atoms with Crippen LogP contribution < -0.4 is 5.32 Å². The molecule has 2 aliphatic rings. The van der Waals surface area contributed by atoms with Gasteiger partial charge in [-0.05, 0) is 18.6 Å². The van der Waals surface area contributed by atoms with E-state index in [2.05, 4.69) is 15.5 Å². The number of amides is 4. The molecule has 1 aromatic carbocycles. The van der Waals surface area contributed by atoms with Crippen LogP contribution in [0.5, 0.6) is 0 Å². The van der Waals surface area contributed by atoms with Crippen LogP contribution in [0.3, 0.4) is 0 Å². The molecule has 4 amide bonds. The molecule has 2 aliphatic heterocycles. The molecule has 1 N–H and O–H groups in total. The zero-order valence-corrected chi connectivity index (χ0v) is 16.5. The van der Waals surface area contributed by atoms with Crippen molar-refractivity contribution < 1.29 is 23.7 Å². The molecule has 1 aromatic heterocycles. The number of imide groups is 2. The van der Waals surface area contributed by atoms with Crippen LogP contribution in [0.2, 0.25) is 5.02 Å². The average Bonchev–Trinajstić information content (AvgIpc) is 3.27. The van der Waals surface area contributed by atoms with Gasteiger partial charge in [0.25, 0.3) is 11.8 Å². The summed E-state index contributed by atoms with van der Waals surface area (Å²) in [6.07, 6.45) is 1.31. The van der Waals surface area contributed by atoms with Crippen LogP contribution in [0, 0.1) is 0 Å². The maximum Gasteiger partial charge on any atom is 0.277 e. The first-order valence-electron chi connectivity index (χ1n) is 9.06. The van der Waals surface area contributed by atoms with E-state index in [1.54, 1.807) is 31.3 Å². The van der Waals surface area contributed by atoms with Crippen molar-refractivity contribution in [2.45, 2.75) is 25.4 Å². The number of carbonyl (C=O) groups is 4. The highest BCUT2D eigenvalue weighted by Crippen LogP contribution is 2.26. The number of aromatic nitrogens is 2. The topological polar surface area (TPSA) is 126 Å². The van der Waals surface area contributed by atoms with Crippen LogP contribution in [0.4, 0.5) is 0 Å². The van der Waals surface area contributed by atoms with E-state index < -0.39 is 29.7 Å². The van der Waals surface area contributed by atoms with E-state index >= 15 is 0 Å². The van der Waals surface area contributed by atoms with Crippen LogP contribution in [-0.2, 0) is 25.7 Å². The van der Waals surface area contributed by atoms with Gasteiger partial charge in [-0.15, -0.1) is 0 Å². The number of rotatable bonds is 5. The van der Waals surface area contributed by atoms with Crippen LogP contribution >= 0.6 is 11.6 Å². The maximum absolute atomic E-state index is 12.8. The molecule has 0 bridgehead atoms. The van der Waals surface area contributed by atoms with E-state index in [1.807, 2.05) is 0 Å². The minimum Gasteiger partial charge on any atom is -0.361 e. The third-order valence-corrected chi connectivity index (χ3v) is 5.15. The van der Waals surface area contributed by atoms with Crippen molar-refractivity contribution in [3.05, 3.63) is 47.0 Å². The van der Waals surface area contributed by atoms with Crippen molar-refractivity contribution in [3.63, 3.8) is 0 Å². The summed E-state index contributed by atoms with van der Waals surface area (Å²) in [6.45, 7) is 0.0610. The van der Waals surface area contributed by atoms with Crippen molar-refractivity contribution in [2.75, 3.05) is 7.05 Å². The molecular formula is C19H16ClN5O5. The van der Waals surface area contributed by atoms with Gasteiger partial charge in [-0.1, -0.05) is 28.9 Å². The van der Waals surface area contributed by atoms with Gasteiger partial charge in [0.05, 0.1) is 11.6 Å². The summed E-state index contributed by atoms with van der Waals surface area (Å²) in [5.41, 5.74) is 0.689. The highest BCUT2D eigenvalue weighted by atomic mass is 35.5. The Hall–Kier alpha value is -3.53. The lowest BCUT2D eigenvalue weighted by Gasteiger charge is -2.29. The van der Waals surface area contributed by atoms with Gasteiger partial charge in [-0.3, -0.25) is 29.4 Å². The zero-order valence-electron chi connectivity index (χ0n) is 15.8. The molecule has 11 heteroatoms. The molecule has 30 heavy (non-hydrogen) atoms. The van der Waals surface area contributed by atoms with Crippen molar-refractivity contribution in [3.8, 4) is 11.4 Å². The molecule has 1 saturated heterocycles. The summed E-state index contributed by atoms with van der Waals surface area (Å²) in [5.74, 6) is -1.80. The third-order valence-electron chi connectivity index (χ3n) is 4.82. The Labute approximate surface area is 175 Å². The number of nitrogens with one attached hydrogen (secondary N) is 1. The molecule has 2 aromatic rings. The molecule has 0 saturated carbocycles. The Morgan fingerprint density at radius 1 is 1.27 bits per heavy atom. The Balaban J connectivity index is 1.47. The number of benzene rings is 1. The molecule has 154 valence electrons. The second-order valence-corrected chi connectivity index (χ2v) is 7.26. The summed E-state index contributed by atoms with van der Waals surface area (Å²) < 4.78 is 5.24. The summed E-state index contributed by atoms with van der Waals surface area (Å²) in [6, 6.07) is 6.01. The van der Waals surface area contributed by atoms with E-state index in [0.717, 1.165) is 11.0 Å². The normalized spacial score (nSPS) is 19.2. The maximum atomic E-state index is 12.8. The SMILES string of the molecule is CN(Cc1nc(-c2ccccc2Cl)no1)C1=CC(=O)N(C2CCC(=O)NC2=O)C1=O. The van der Waals surface area contributed by atoms with E-state index in [1.165, 1.54) is 4.90 Å². The van der Waals surface area contributed by atoms with Gasteiger partial charge in [0.1, 0.15) is 11.7 Å². The van der Waals surface area contributed by atoms with E-state index in [0.29, 0.717) is 16.4 Å². The van der Waals surface area contributed by atoms with Crippen LogP contribution in [0.25, 0.3) is 11.4 Å². The van der Waals surface area contributed by atoms with E-state index in [-0.39, 0.29) is 31.0 Å². The molecule has 3 heterocycles. The molecular weight excluding hydrogens is 414 g/mol. The molecule has 1 fully saturated rings. The Bertz CT molecular complexity index is 1090. The van der Waals surface area contributed by atoms with Gasteiger partial charge < -0.3 is 9.42 Å². The van der Waals surface area contributed by atoms with Crippen molar-refractivity contribution in [1.82, 2.24) is 25.3 Å². The average molecular weight is 430 g/mol. The molecule has 0 spiro atoms. The first-order valence-corrected chi connectivity index (χ1v) is 9.44. The van der Waals surface area contributed by atoms with Gasteiger partial charge in [-0.2, -0.15) is 4.98 Å². The number of halogens is 1. The smallest absolute Gasteiger partial charge is 0.277 e. The molecule has 0 aliphatic carbocycles. The van der Waals surface area contributed by atoms with Crippen LogP contribution in [-0.4, -0.2) is 56.7 Å². The fraction of sp³-hybridized carbons (Fsp3) is 0.263. The second kappa shape index (κ2) is 7.71. The number of likely N-dealkylation sites (N-methyl/N-ethyl adjacent to an activating group) is 1. The minimum atomic E-state index is -1.01. The Morgan fingerprint density at radius 3 is 2.77 bits per heavy atom. The second-order valence-electron chi connectivity index (χ2n) is 6.86. The highest BCUT2D eigenvalue weighted by molar-refractivity contribution is 6.33. The number of carbonyl (C=O) groups excluding carboxylic acids is 4. The summed E-state index contributed by atoms with van der Waals surface area (Å²) in [7, 11) is 1.59. The number of hydrogen-bond donors (Lipinski definition) is 1. The molecule has 1 atom stereocenters. The lowest BCUT2D eigenvalue weighted by Crippen LogP contribution is -2.54. The van der Waals surface area contributed by atoms with Crippen molar-refractivity contribution in [2.24, 2.45) is 0 Å². The first kappa shape index (κ1) is 19.8. The Morgan fingerprint density at radius 2 is 2.03 bits per heavy atom. The summed E-state index contributed by atoms with van der Waals surface area (Å²) in [5, 5.41) is 6.52. The van der Waals surface area contributed by atoms with Gasteiger partial charge in [0, 0.05) is 25.1 Å². The standard InChI is InChI=1S/C19H16ClN5O5/c1-24(9-15-22-17(23-30-15)10-4-2-3-5-11(10)20)13-8-16(27)25(19(13)29)12-6-7-14(26)21-18(12)28/h2-5,8,12H,6-7,9H2,1H3,(H,21,26,28). The van der Waals surface area contributed by atoms with E-state index in [4.69, 9.17) is 16.1 Å². The van der Waals surface area contributed by atoms with Crippen molar-refractivity contribution in [1.29, 1.82) is 0 Å². The molecule has 0 radical (unpaired) electrons. The molecule has 1 unspecified atom stereocenters. The predicted octanol–water partition coefficient (Wildman–Crippen LogP) is 0.880. The largest absolute Gasteiger partial charge is 0.361 e. The quantitative estimate of drug-likeness (QED) is 0.694. The first-order chi connectivity index (χ1) is 14.3. The fourth-order valence-corrected chi connectivity index (χ4v) is 3.55. The van der Waals surface area contributed by atoms with E-state index in [9.17, 15) is 19.2 Å². The van der Waals surface area contributed by atoms with Gasteiger partial charge >= 0.3 is 0 Å². The minimum absolute atomic E-state index is 0.0610. The van der Waals surface area contributed by atoms with Crippen molar-refractivity contribution >= 4 is 35.2 Å². The lowest BCUT2D eigenvalue weighted by atomic mass is 10.0. The fourth-order valence-electron chi connectivity index (χ4n) is 3.33. The summed E-state index contributed by atoms with van der Waals surface area (Å²) in [4.78, 5) is 55.2. The summed E-state index contributed by atoms with van der Waals surface area (Å²) >= 11 is 6.14. The lowest BCUT2D eigenvalue weighted by molar-refractivity contribution is -0.150. The van der Waals surface area contributed by atoms with Crippen LogP contribution in [0.1, 0.15) is 18.7 Å². The molecule has 10 nitrogen and oxygen atoms in total. The van der Waals surface area contributed by atoms with Gasteiger partial charge in [0.2, 0.25) is 23.5 Å². The third kappa shape index (κ3) is 3.57. The predicted molar refractivity (Wildman–Crippen MR) is 102 cm³/mol. The zero-order chi connectivity index (χ0) is 21.4. The van der Waals surface area contributed by atoms with Gasteiger partial charge in [-0.25, -0.2) is 0 Å². The monoisotopic (exact) mass is 429 g/mol. The number of piperidine rings is 1.